The molecule has 1 saturated heterocycles. The number of nitrogens with two attached hydrogens (primary N) is 2. The number of halogens is 1. The summed E-state index contributed by atoms with van der Waals surface area (Å²) in [5, 5.41) is 6.06. The first-order valence-electron chi connectivity index (χ1n) is 10.5. The Morgan fingerprint density at radius 2 is 2.06 bits per heavy atom. The third-order valence-corrected chi connectivity index (χ3v) is 7.10. The smallest absolute Gasteiger partial charge is 0.280 e. The highest BCUT2D eigenvalue weighted by Gasteiger charge is 2.39. The molecule has 6 N–H and O–H groups in total. The van der Waals surface area contributed by atoms with E-state index in [1.165, 1.54) is 11.1 Å². The molecule has 0 bridgehead atoms. The topological polar surface area (TPSA) is 135 Å². The summed E-state index contributed by atoms with van der Waals surface area (Å²) < 4.78 is 2.42. The Balaban J connectivity index is 1.24. The van der Waals surface area contributed by atoms with E-state index >= 15 is 0 Å². The quantitative estimate of drug-likeness (QED) is 0.483. The molecule has 1 spiro atoms. The number of nitrogen functional groups attached to an aromatic ring is 2. The minimum atomic E-state index is -0.524. The van der Waals surface area contributed by atoms with Crippen molar-refractivity contribution in [1.82, 2.24) is 24.9 Å². The number of piperidine rings is 1. The van der Waals surface area contributed by atoms with Crippen LogP contribution in [0.4, 0.5) is 11.6 Å². The number of aliphatic imine (C=N–C) groups is 1. The molecule has 32 heavy (non-hydrogen) atoms. The standard InChI is InChI=1S/C21H27ClN8OS/c1-13-3-2-4-14(11-13)5-10-32-30-8-6-21(7-9-30)12-25-20(29-21)28-19(31)15-17(23)27-18(24)16(22)26-15/h2-4,11H,5-10,12H2,1H3,(H4,23,24,27)(H2,25,28,29,31). The molecule has 1 aromatic heterocycles. The monoisotopic (exact) mass is 474 g/mol. The van der Waals surface area contributed by atoms with Crippen LogP contribution >= 0.6 is 23.5 Å². The van der Waals surface area contributed by atoms with Gasteiger partial charge in [-0.05, 0) is 31.7 Å². The molecule has 1 amide bonds. The molecule has 0 aliphatic carbocycles. The van der Waals surface area contributed by atoms with Crippen LogP contribution in [0.25, 0.3) is 0 Å². The Bertz CT molecular complexity index is 1040. The zero-order valence-electron chi connectivity index (χ0n) is 17.9. The number of anilines is 2. The lowest BCUT2D eigenvalue weighted by atomic mass is 9.89. The molecule has 9 nitrogen and oxygen atoms in total. The van der Waals surface area contributed by atoms with Crippen LogP contribution in [0.15, 0.2) is 29.3 Å². The van der Waals surface area contributed by atoms with Gasteiger partial charge in [-0.25, -0.2) is 9.97 Å². The van der Waals surface area contributed by atoms with Crippen LogP contribution in [-0.2, 0) is 6.42 Å². The number of guanidine groups is 1. The van der Waals surface area contributed by atoms with Crippen LogP contribution in [0, 0.1) is 6.92 Å². The summed E-state index contributed by atoms with van der Waals surface area (Å²) in [6, 6.07) is 8.68. The van der Waals surface area contributed by atoms with Crippen molar-refractivity contribution >= 4 is 47.1 Å². The molecule has 4 rings (SSSR count). The second kappa shape index (κ2) is 9.51. The number of carbonyl (C=O) groups is 1. The highest BCUT2D eigenvalue weighted by Crippen LogP contribution is 2.29. The first-order chi connectivity index (χ1) is 15.3. The van der Waals surface area contributed by atoms with E-state index in [0.29, 0.717) is 12.5 Å². The van der Waals surface area contributed by atoms with Crippen LogP contribution in [0.5, 0.6) is 0 Å². The number of carbonyl (C=O) groups excluding carboxylic acids is 1. The first kappa shape index (κ1) is 22.6. The Morgan fingerprint density at radius 3 is 2.81 bits per heavy atom. The average molecular weight is 475 g/mol. The number of amides is 1. The lowest BCUT2D eigenvalue weighted by Crippen LogP contribution is -2.55. The van der Waals surface area contributed by atoms with Gasteiger partial charge in [-0.1, -0.05) is 53.4 Å². The van der Waals surface area contributed by atoms with Gasteiger partial charge in [-0.2, -0.15) is 0 Å². The van der Waals surface area contributed by atoms with Gasteiger partial charge in [-0.15, -0.1) is 0 Å². The van der Waals surface area contributed by atoms with Crippen LogP contribution in [-0.4, -0.2) is 57.1 Å². The van der Waals surface area contributed by atoms with Crippen molar-refractivity contribution in [3.8, 4) is 0 Å². The molecule has 1 fully saturated rings. The van der Waals surface area contributed by atoms with Crippen LogP contribution in [0.3, 0.4) is 0 Å². The fourth-order valence-electron chi connectivity index (χ4n) is 3.89. The van der Waals surface area contributed by atoms with Crippen molar-refractivity contribution in [3.63, 3.8) is 0 Å². The van der Waals surface area contributed by atoms with E-state index in [0.717, 1.165) is 38.1 Å². The number of aromatic nitrogens is 2. The molecule has 2 aromatic rings. The zero-order chi connectivity index (χ0) is 22.7. The van der Waals surface area contributed by atoms with Gasteiger partial charge in [-0.3, -0.25) is 19.4 Å². The van der Waals surface area contributed by atoms with Gasteiger partial charge >= 0.3 is 0 Å². The Hall–Kier alpha value is -2.56. The third-order valence-electron chi connectivity index (χ3n) is 5.70. The lowest BCUT2D eigenvalue weighted by Gasteiger charge is -2.38. The molecule has 170 valence electrons. The summed E-state index contributed by atoms with van der Waals surface area (Å²) in [5.74, 6) is 0.871. The fourth-order valence-corrected chi connectivity index (χ4v) is 5.05. The van der Waals surface area contributed by atoms with Crippen molar-refractivity contribution in [1.29, 1.82) is 0 Å². The highest BCUT2D eigenvalue weighted by atomic mass is 35.5. The number of aryl methyl sites for hydroxylation is 2. The summed E-state index contributed by atoms with van der Waals surface area (Å²) in [6.45, 7) is 4.68. The van der Waals surface area contributed by atoms with E-state index in [-0.39, 0.29) is 28.0 Å². The highest BCUT2D eigenvalue weighted by molar-refractivity contribution is 7.97. The summed E-state index contributed by atoms with van der Waals surface area (Å²) in [4.78, 5) is 24.8. The number of hydrogen-bond donors (Lipinski definition) is 4. The van der Waals surface area contributed by atoms with Crippen LogP contribution in [0.2, 0.25) is 5.15 Å². The summed E-state index contributed by atoms with van der Waals surface area (Å²) in [5.41, 5.74) is 13.8. The minimum absolute atomic E-state index is 0.0143. The molecule has 0 radical (unpaired) electrons. The molecule has 0 unspecified atom stereocenters. The predicted molar refractivity (Wildman–Crippen MR) is 130 cm³/mol. The van der Waals surface area contributed by atoms with E-state index < -0.39 is 5.91 Å². The summed E-state index contributed by atoms with van der Waals surface area (Å²) >= 11 is 7.77. The van der Waals surface area contributed by atoms with Gasteiger partial charge < -0.3 is 16.8 Å². The van der Waals surface area contributed by atoms with Gasteiger partial charge in [0.25, 0.3) is 5.91 Å². The Kier molecular flexibility index (Phi) is 6.73. The number of benzene rings is 1. The first-order valence-corrected chi connectivity index (χ1v) is 11.8. The number of nitrogens with one attached hydrogen (secondary N) is 2. The van der Waals surface area contributed by atoms with Crippen molar-refractivity contribution in [2.24, 2.45) is 4.99 Å². The maximum atomic E-state index is 12.5. The molecular weight excluding hydrogens is 448 g/mol. The maximum Gasteiger partial charge on any atom is 0.280 e. The largest absolute Gasteiger partial charge is 0.382 e. The van der Waals surface area contributed by atoms with E-state index in [2.05, 4.69) is 61.1 Å². The minimum Gasteiger partial charge on any atom is -0.382 e. The summed E-state index contributed by atoms with van der Waals surface area (Å²) in [7, 11) is 0. The number of nitrogens with zero attached hydrogens (tertiary/aromatic N) is 4. The second-order valence-electron chi connectivity index (χ2n) is 8.16. The molecule has 2 aliphatic rings. The second-order valence-corrected chi connectivity index (χ2v) is 9.70. The predicted octanol–water partition coefficient (Wildman–Crippen LogP) is 2.02. The Labute approximate surface area is 196 Å². The SMILES string of the molecule is Cc1cccc(CCSN2CCC3(CC2)CN=C(NC(=O)c2nc(Cl)c(N)nc2N)N3)c1. The van der Waals surface area contributed by atoms with Gasteiger partial charge in [0.15, 0.2) is 28.4 Å². The van der Waals surface area contributed by atoms with Crippen molar-refractivity contribution in [2.45, 2.75) is 31.7 Å². The van der Waals surface area contributed by atoms with Gasteiger partial charge in [0.2, 0.25) is 0 Å². The fraction of sp³-hybridized carbons (Fsp3) is 0.429. The molecule has 11 heteroatoms. The van der Waals surface area contributed by atoms with Gasteiger partial charge in [0.1, 0.15) is 0 Å². The van der Waals surface area contributed by atoms with E-state index in [1.807, 2.05) is 11.9 Å². The summed E-state index contributed by atoms with van der Waals surface area (Å²) in [6.07, 6.45) is 2.96. The van der Waals surface area contributed by atoms with Crippen molar-refractivity contribution < 1.29 is 4.79 Å². The molecule has 2 aliphatic heterocycles. The number of hydrogen-bond acceptors (Lipinski definition) is 9. The van der Waals surface area contributed by atoms with Crippen LogP contribution in [0.1, 0.15) is 34.5 Å². The number of rotatable bonds is 5. The maximum absolute atomic E-state index is 12.5. The van der Waals surface area contributed by atoms with E-state index in [4.69, 9.17) is 23.1 Å². The third kappa shape index (κ3) is 5.25. The van der Waals surface area contributed by atoms with E-state index in [1.54, 1.807) is 0 Å². The van der Waals surface area contributed by atoms with Crippen LogP contribution < -0.4 is 22.1 Å². The zero-order valence-corrected chi connectivity index (χ0v) is 19.5. The molecule has 1 aromatic carbocycles. The van der Waals surface area contributed by atoms with Gasteiger partial charge in [0.05, 0.1) is 12.1 Å². The molecular formula is C21H27ClN8OS. The van der Waals surface area contributed by atoms with Gasteiger partial charge in [0, 0.05) is 18.8 Å². The van der Waals surface area contributed by atoms with E-state index in [9.17, 15) is 4.79 Å². The Morgan fingerprint density at radius 1 is 1.28 bits per heavy atom. The molecule has 0 atom stereocenters. The average Bonchev–Trinajstić information content (AvgIpc) is 3.14. The normalized spacial score (nSPS) is 17.8. The van der Waals surface area contributed by atoms with Crippen molar-refractivity contribution in [2.75, 3.05) is 36.9 Å². The molecule has 0 saturated carbocycles. The molecule has 3 heterocycles. The van der Waals surface area contributed by atoms with Crippen molar-refractivity contribution in [3.05, 3.63) is 46.2 Å². The lowest BCUT2D eigenvalue weighted by molar-refractivity contribution is 0.0971.